The number of allylic oxidation sites excluding steroid dienone is 1. The highest BCUT2D eigenvalue weighted by Crippen LogP contribution is 2.57. The fraction of sp³-hybridized carbons (Fsp3) is 0.471. The molecule has 0 heterocycles. The highest BCUT2D eigenvalue weighted by Gasteiger charge is 2.56. The van der Waals surface area contributed by atoms with Crippen molar-refractivity contribution in [1.82, 2.24) is 0 Å². The number of carbonyl (C=O) groups is 1. The van der Waals surface area contributed by atoms with Crippen LogP contribution in [0.2, 0.25) is 0 Å². The van der Waals surface area contributed by atoms with Crippen LogP contribution in [-0.4, -0.2) is 11.6 Å². The second-order valence-electron chi connectivity index (χ2n) is 6.63. The van der Waals surface area contributed by atoms with Gasteiger partial charge in [0.2, 0.25) is 0 Å². The summed E-state index contributed by atoms with van der Waals surface area (Å²) < 4.78 is 61.1. The molecule has 0 amide bonds. The summed E-state index contributed by atoms with van der Waals surface area (Å²) in [6.07, 6.45) is 0.934. The molecule has 0 atom stereocenters. The van der Waals surface area contributed by atoms with Crippen LogP contribution in [0, 0.1) is 24.0 Å². The van der Waals surface area contributed by atoms with Crippen LogP contribution in [0.5, 0.6) is 0 Å². The van der Waals surface area contributed by atoms with Crippen molar-refractivity contribution in [3.8, 4) is 0 Å². The molecule has 4 rings (SSSR count). The van der Waals surface area contributed by atoms with Crippen LogP contribution in [0.4, 0.5) is 17.6 Å². The monoisotopic (exact) mass is 328 g/mol. The summed E-state index contributed by atoms with van der Waals surface area (Å²) in [6.45, 7) is 2.98. The molecule has 0 aliphatic heterocycles. The van der Waals surface area contributed by atoms with Gasteiger partial charge in [-0.1, -0.05) is 13.0 Å². The highest BCUT2D eigenvalue weighted by molar-refractivity contribution is 5.90. The van der Waals surface area contributed by atoms with Crippen LogP contribution in [0.1, 0.15) is 48.5 Å². The summed E-state index contributed by atoms with van der Waals surface area (Å²) in [6, 6.07) is 2.32. The molecule has 0 spiro atoms. The molecule has 6 heteroatoms. The third-order valence-corrected chi connectivity index (χ3v) is 5.07. The van der Waals surface area contributed by atoms with Gasteiger partial charge in [0.15, 0.2) is 23.1 Å². The molecule has 3 aliphatic carbocycles. The van der Waals surface area contributed by atoms with Gasteiger partial charge in [0.25, 0.3) is 0 Å². The van der Waals surface area contributed by atoms with Crippen LogP contribution < -0.4 is 0 Å². The number of rotatable bonds is 2. The van der Waals surface area contributed by atoms with Crippen molar-refractivity contribution < 1.29 is 27.1 Å². The largest absolute Gasteiger partial charge is 0.448 e. The third kappa shape index (κ3) is 2.26. The molecule has 0 saturated heterocycles. The first kappa shape index (κ1) is 16.0. The van der Waals surface area contributed by atoms with Gasteiger partial charge in [-0.3, -0.25) is 0 Å². The lowest BCUT2D eigenvalue weighted by molar-refractivity contribution is -0.0645. The molecule has 1 saturated carbocycles. The maximum Gasteiger partial charge on any atom is 0.342 e. The zero-order valence-electron chi connectivity index (χ0n) is 12.8. The lowest BCUT2D eigenvalue weighted by Crippen LogP contribution is -2.48. The lowest BCUT2D eigenvalue weighted by atomic mass is 9.63. The van der Waals surface area contributed by atoms with Crippen molar-refractivity contribution in [2.24, 2.45) is 5.41 Å². The van der Waals surface area contributed by atoms with Gasteiger partial charge in [0.05, 0.1) is 5.56 Å². The maximum absolute atomic E-state index is 14.4. The molecule has 3 aliphatic rings. The minimum Gasteiger partial charge on any atom is -0.448 e. The lowest BCUT2D eigenvalue weighted by Gasteiger charge is -2.48. The Morgan fingerprint density at radius 2 is 1.61 bits per heavy atom. The SMILES string of the molecule is Cc1ccc(C(=O)OC23CCC(C)(CC2)C(F)=C3F)c(F)c1F. The van der Waals surface area contributed by atoms with Gasteiger partial charge in [-0.25, -0.2) is 22.4 Å². The number of fused-ring (bicyclic) bond motifs is 2. The molecular formula is C17H16F4O2. The summed E-state index contributed by atoms with van der Waals surface area (Å²) in [4.78, 5) is 12.2. The summed E-state index contributed by atoms with van der Waals surface area (Å²) in [5, 5.41) is 0. The second kappa shape index (κ2) is 5.08. The molecule has 0 unspecified atom stereocenters. The van der Waals surface area contributed by atoms with Crippen molar-refractivity contribution in [1.29, 1.82) is 0 Å². The Morgan fingerprint density at radius 1 is 1.00 bits per heavy atom. The Labute approximate surface area is 131 Å². The average molecular weight is 328 g/mol. The number of carbonyl (C=O) groups excluding carboxylic acids is 1. The number of hydrogen-bond acceptors (Lipinski definition) is 2. The van der Waals surface area contributed by atoms with E-state index >= 15 is 0 Å². The third-order valence-electron chi connectivity index (χ3n) is 5.07. The molecule has 1 fully saturated rings. The smallest absolute Gasteiger partial charge is 0.342 e. The number of ether oxygens (including phenoxy) is 1. The average Bonchev–Trinajstić information content (AvgIpc) is 2.52. The van der Waals surface area contributed by atoms with Gasteiger partial charge in [0, 0.05) is 5.41 Å². The summed E-state index contributed by atoms with van der Waals surface area (Å²) in [7, 11) is 0. The number of hydrogen-bond donors (Lipinski definition) is 0. The molecule has 0 radical (unpaired) electrons. The van der Waals surface area contributed by atoms with Crippen molar-refractivity contribution in [2.75, 3.05) is 0 Å². The van der Waals surface area contributed by atoms with Crippen LogP contribution in [-0.2, 0) is 4.74 Å². The van der Waals surface area contributed by atoms with Gasteiger partial charge >= 0.3 is 5.97 Å². The summed E-state index contributed by atoms with van der Waals surface area (Å²) in [5.74, 6) is -5.68. The van der Waals surface area contributed by atoms with Crippen LogP contribution in [0.15, 0.2) is 23.8 Å². The maximum atomic E-state index is 14.4. The zero-order chi connectivity index (χ0) is 17.0. The zero-order valence-corrected chi connectivity index (χ0v) is 12.8. The molecule has 2 bridgehead atoms. The normalized spacial score (nSPS) is 29.8. The van der Waals surface area contributed by atoms with E-state index in [0.717, 1.165) is 6.07 Å². The van der Waals surface area contributed by atoms with Crippen molar-refractivity contribution in [3.63, 3.8) is 0 Å². The number of esters is 1. The fourth-order valence-corrected chi connectivity index (χ4v) is 3.29. The van der Waals surface area contributed by atoms with Gasteiger partial charge in [-0.05, 0) is 44.2 Å². The quantitative estimate of drug-likeness (QED) is 0.569. The number of benzene rings is 1. The van der Waals surface area contributed by atoms with E-state index in [9.17, 15) is 22.4 Å². The van der Waals surface area contributed by atoms with Crippen molar-refractivity contribution in [3.05, 3.63) is 46.5 Å². The van der Waals surface area contributed by atoms with Gasteiger partial charge in [-0.2, -0.15) is 0 Å². The minimum absolute atomic E-state index is 0.0421. The molecule has 124 valence electrons. The van der Waals surface area contributed by atoms with Gasteiger partial charge < -0.3 is 4.74 Å². The molecule has 0 aromatic heterocycles. The summed E-state index contributed by atoms with van der Waals surface area (Å²) >= 11 is 0. The predicted octanol–water partition coefficient (Wildman–Crippen LogP) is 4.91. The molecule has 1 aromatic rings. The first-order chi connectivity index (χ1) is 10.7. The first-order valence-corrected chi connectivity index (χ1v) is 7.44. The number of halogens is 4. The molecule has 0 N–H and O–H groups in total. The van der Waals surface area contributed by atoms with Crippen molar-refractivity contribution in [2.45, 2.75) is 45.1 Å². The van der Waals surface area contributed by atoms with E-state index in [2.05, 4.69) is 0 Å². The Kier molecular flexibility index (Phi) is 3.54. The van der Waals surface area contributed by atoms with E-state index in [4.69, 9.17) is 4.74 Å². The minimum atomic E-state index is -1.70. The molecular weight excluding hydrogens is 312 g/mol. The Hall–Kier alpha value is -1.85. The standard InChI is InChI=1S/C17H16F4O2/c1-9-3-4-10(12(19)11(9)18)15(22)23-17-7-5-16(2,6-8-17)13(20)14(17)21/h3-4H,5-8H2,1-2H3. The Morgan fingerprint density at radius 3 is 2.22 bits per heavy atom. The van der Waals surface area contributed by atoms with Crippen LogP contribution in [0.3, 0.4) is 0 Å². The van der Waals surface area contributed by atoms with E-state index < -0.39 is 45.8 Å². The van der Waals surface area contributed by atoms with Crippen LogP contribution in [0.25, 0.3) is 0 Å². The topological polar surface area (TPSA) is 26.3 Å². The predicted molar refractivity (Wildman–Crippen MR) is 75.1 cm³/mol. The van der Waals surface area contributed by atoms with Gasteiger partial charge in [-0.15, -0.1) is 0 Å². The molecule has 1 aromatic carbocycles. The van der Waals surface area contributed by atoms with Gasteiger partial charge in [0.1, 0.15) is 5.83 Å². The first-order valence-electron chi connectivity index (χ1n) is 7.44. The van der Waals surface area contributed by atoms with Crippen molar-refractivity contribution >= 4 is 5.97 Å². The summed E-state index contributed by atoms with van der Waals surface area (Å²) in [5.41, 5.74) is -3.14. The Bertz CT molecular complexity index is 716. The van der Waals surface area contributed by atoms with E-state index in [1.807, 2.05) is 0 Å². The Balaban J connectivity index is 1.94. The van der Waals surface area contributed by atoms with E-state index in [1.165, 1.54) is 13.0 Å². The van der Waals surface area contributed by atoms with E-state index in [1.54, 1.807) is 6.92 Å². The van der Waals surface area contributed by atoms with Crippen LogP contribution >= 0.6 is 0 Å². The molecule has 2 nitrogen and oxygen atoms in total. The number of aryl methyl sites for hydroxylation is 1. The van der Waals surface area contributed by atoms with E-state index in [0.29, 0.717) is 12.8 Å². The highest BCUT2D eigenvalue weighted by atomic mass is 19.2. The molecule has 23 heavy (non-hydrogen) atoms. The van der Waals surface area contributed by atoms with E-state index in [-0.39, 0.29) is 18.4 Å². The second-order valence-corrected chi connectivity index (χ2v) is 6.63. The fourth-order valence-electron chi connectivity index (χ4n) is 3.29.